The Labute approximate surface area is 106 Å². The highest BCUT2D eigenvalue weighted by Gasteiger charge is 2.09. The lowest BCUT2D eigenvalue weighted by Gasteiger charge is -2.01. The van der Waals surface area contributed by atoms with Gasteiger partial charge in [0, 0.05) is 21.5 Å². The Hall–Kier alpha value is -1.06. The van der Waals surface area contributed by atoms with Crippen molar-refractivity contribution in [2.75, 3.05) is 0 Å². The Bertz CT molecular complexity index is 485. The molecule has 0 saturated heterocycles. The summed E-state index contributed by atoms with van der Waals surface area (Å²) in [4.78, 5) is 11.9. The average Bonchev–Trinajstić information content (AvgIpc) is 2.68. The Morgan fingerprint density at radius 1 is 1.38 bits per heavy atom. The molecular weight excluding hydrogens is 291 g/mol. The first kappa shape index (κ1) is 11.4. The minimum atomic E-state index is 0.0181. The predicted molar refractivity (Wildman–Crippen MR) is 65.9 cm³/mol. The molecule has 0 radical (unpaired) electrons. The molecule has 0 saturated carbocycles. The Morgan fingerprint density at radius 2 is 2.19 bits per heavy atom. The third kappa shape index (κ3) is 2.74. The number of ketones is 1. The van der Waals surface area contributed by atoms with Crippen LogP contribution in [-0.2, 0) is 6.42 Å². The number of Topliss-reactive ketones (excluding diaryl/α,β-unsaturated/α-hetero) is 1. The molecule has 0 aliphatic rings. The van der Waals surface area contributed by atoms with Crippen molar-refractivity contribution in [1.29, 1.82) is 0 Å². The minimum absolute atomic E-state index is 0.0181. The van der Waals surface area contributed by atoms with Crippen molar-refractivity contribution in [2.24, 2.45) is 0 Å². The molecule has 1 heterocycles. The van der Waals surface area contributed by atoms with Crippen LogP contribution in [0.15, 0.2) is 45.7 Å². The molecule has 0 amide bonds. The standard InChI is InChI=1S/C12H8BrClO2/c13-10-4-9(5-11(14)6-10)12(15)3-8-1-2-16-7-8/h1-2,4-7H,3H2. The second-order valence-electron chi connectivity index (χ2n) is 3.39. The first-order chi connectivity index (χ1) is 7.65. The van der Waals surface area contributed by atoms with Crippen LogP contribution in [0, 0.1) is 0 Å². The topological polar surface area (TPSA) is 30.2 Å². The summed E-state index contributed by atoms with van der Waals surface area (Å²) in [5, 5.41) is 0.546. The van der Waals surface area contributed by atoms with E-state index in [1.807, 2.05) is 0 Å². The fourth-order valence-corrected chi connectivity index (χ4v) is 2.26. The van der Waals surface area contributed by atoms with Crippen LogP contribution in [0.1, 0.15) is 15.9 Å². The lowest BCUT2D eigenvalue weighted by Crippen LogP contribution is -2.02. The van der Waals surface area contributed by atoms with E-state index in [2.05, 4.69) is 15.9 Å². The van der Waals surface area contributed by atoms with E-state index in [4.69, 9.17) is 16.0 Å². The summed E-state index contributed by atoms with van der Waals surface area (Å²) in [6, 6.07) is 6.94. The molecule has 0 atom stereocenters. The van der Waals surface area contributed by atoms with Crippen molar-refractivity contribution >= 4 is 33.3 Å². The van der Waals surface area contributed by atoms with Gasteiger partial charge in [-0.05, 0) is 29.8 Å². The van der Waals surface area contributed by atoms with Gasteiger partial charge in [0.15, 0.2) is 5.78 Å². The lowest BCUT2D eigenvalue weighted by atomic mass is 10.1. The highest BCUT2D eigenvalue weighted by Crippen LogP contribution is 2.20. The van der Waals surface area contributed by atoms with Crippen LogP contribution in [0.5, 0.6) is 0 Å². The number of rotatable bonds is 3. The molecule has 82 valence electrons. The van der Waals surface area contributed by atoms with E-state index < -0.39 is 0 Å². The van der Waals surface area contributed by atoms with Gasteiger partial charge in [-0.25, -0.2) is 0 Å². The molecule has 0 fully saturated rings. The van der Waals surface area contributed by atoms with Crippen LogP contribution in [0.3, 0.4) is 0 Å². The normalized spacial score (nSPS) is 10.4. The third-order valence-corrected chi connectivity index (χ3v) is 2.81. The summed E-state index contributed by atoms with van der Waals surface area (Å²) >= 11 is 9.18. The van der Waals surface area contributed by atoms with Gasteiger partial charge < -0.3 is 4.42 Å². The van der Waals surface area contributed by atoms with Gasteiger partial charge in [0.25, 0.3) is 0 Å². The number of hydrogen-bond donors (Lipinski definition) is 0. The molecule has 2 rings (SSSR count). The summed E-state index contributed by atoms with van der Waals surface area (Å²) in [6.45, 7) is 0. The first-order valence-electron chi connectivity index (χ1n) is 4.65. The summed E-state index contributed by atoms with van der Waals surface area (Å²) in [6.07, 6.45) is 3.44. The molecule has 2 nitrogen and oxygen atoms in total. The van der Waals surface area contributed by atoms with Crippen LogP contribution >= 0.6 is 27.5 Å². The van der Waals surface area contributed by atoms with E-state index >= 15 is 0 Å². The molecule has 0 N–H and O–H groups in total. The van der Waals surface area contributed by atoms with Gasteiger partial charge in [0.05, 0.1) is 12.5 Å². The third-order valence-electron chi connectivity index (χ3n) is 2.13. The average molecular weight is 300 g/mol. The smallest absolute Gasteiger partial charge is 0.167 e. The van der Waals surface area contributed by atoms with Crippen LogP contribution in [0.25, 0.3) is 0 Å². The second-order valence-corrected chi connectivity index (χ2v) is 4.74. The quantitative estimate of drug-likeness (QED) is 0.798. The molecule has 0 aliphatic carbocycles. The van der Waals surface area contributed by atoms with Crippen molar-refractivity contribution in [2.45, 2.75) is 6.42 Å². The van der Waals surface area contributed by atoms with Gasteiger partial charge in [-0.2, -0.15) is 0 Å². The molecule has 1 aromatic carbocycles. The number of halogens is 2. The minimum Gasteiger partial charge on any atom is -0.472 e. The summed E-state index contributed by atoms with van der Waals surface area (Å²) in [5.74, 6) is 0.0181. The van der Waals surface area contributed by atoms with E-state index in [-0.39, 0.29) is 5.78 Å². The van der Waals surface area contributed by atoms with Crippen molar-refractivity contribution in [3.05, 3.63) is 57.4 Å². The highest BCUT2D eigenvalue weighted by molar-refractivity contribution is 9.10. The van der Waals surface area contributed by atoms with Crippen molar-refractivity contribution in [1.82, 2.24) is 0 Å². The van der Waals surface area contributed by atoms with E-state index in [0.717, 1.165) is 10.0 Å². The maximum absolute atomic E-state index is 11.9. The number of benzene rings is 1. The molecule has 0 unspecified atom stereocenters. The van der Waals surface area contributed by atoms with Crippen molar-refractivity contribution in [3.8, 4) is 0 Å². The largest absolute Gasteiger partial charge is 0.472 e. The lowest BCUT2D eigenvalue weighted by molar-refractivity contribution is 0.0992. The summed E-state index contributed by atoms with van der Waals surface area (Å²) in [5.41, 5.74) is 1.46. The molecular formula is C12H8BrClO2. The highest BCUT2D eigenvalue weighted by atomic mass is 79.9. The predicted octanol–water partition coefficient (Wildman–Crippen LogP) is 4.12. The second kappa shape index (κ2) is 4.85. The zero-order chi connectivity index (χ0) is 11.5. The number of furan rings is 1. The molecule has 1 aromatic heterocycles. The Kier molecular flexibility index (Phi) is 3.46. The van der Waals surface area contributed by atoms with Crippen molar-refractivity contribution in [3.63, 3.8) is 0 Å². The van der Waals surface area contributed by atoms with Crippen LogP contribution in [0.4, 0.5) is 0 Å². The Balaban J connectivity index is 2.21. The summed E-state index contributed by atoms with van der Waals surface area (Å²) in [7, 11) is 0. The monoisotopic (exact) mass is 298 g/mol. The Morgan fingerprint density at radius 3 is 2.81 bits per heavy atom. The van der Waals surface area contributed by atoms with Crippen LogP contribution < -0.4 is 0 Å². The van der Waals surface area contributed by atoms with Crippen LogP contribution in [-0.4, -0.2) is 5.78 Å². The maximum atomic E-state index is 11.9. The van der Waals surface area contributed by atoms with Gasteiger partial charge in [-0.3, -0.25) is 4.79 Å². The molecule has 0 spiro atoms. The zero-order valence-electron chi connectivity index (χ0n) is 8.24. The molecule has 16 heavy (non-hydrogen) atoms. The molecule has 2 aromatic rings. The molecule has 0 bridgehead atoms. The van der Waals surface area contributed by atoms with Crippen LogP contribution in [0.2, 0.25) is 5.02 Å². The van der Waals surface area contributed by atoms with Gasteiger partial charge in [0.2, 0.25) is 0 Å². The molecule has 0 aliphatic heterocycles. The van der Waals surface area contributed by atoms with Gasteiger partial charge in [0.1, 0.15) is 0 Å². The van der Waals surface area contributed by atoms with Gasteiger partial charge in [-0.15, -0.1) is 0 Å². The number of carbonyl (C=O) groups excluding carboxylic acids is 1. The fourth-order valence-electron chi connectivity index (χ4n) is 1.40. The SMILES string of the molecule is O=C(Cc1ccoc1)c1cc(Cl)cc(Br)c1. The van der Waals surface area contributed by atoms with Crippen molar-refractivity contribution < 1.29 is 9.21 Å². The number of hydrogen-bond acceptors (Lipinski definition) is 2. The number of carbonyl (C=O) groups is 1. The maximum Gasteiger partial charge on any atom is 0.167 e. The van der Waals surface area contributed by atoms with E-state index in [9.17, 15) is 4.79 Å². The van der Waals surface area contributed by atoms with E-state index in [0.29, 0.717) is 17.0 Å². The fraction of sp³-hybridized carbons (Fsp3) is 0.0833. The zero-order valence-corrected chi connectivity index (χ0v) is 10.6. The summed E-state index contributed by atoms with van der Waals surface area (Å²) < 4.78 is 5.71. The van der Waals surface area contributed by atoms with Gasteiger partial charge >= 0.3 is 0 Å². The molecule has 4 heteroatoms. The van der Waals surface area contributed by atoms with Gasteiger partial charge in [-0.1, -0.05) is 27.5 Å². The van der Waals surface area contributed by atoms with E-state index in [1.54, 1.807) is 36.8 Å². The first-order valence-corrected chi connectivity index (χ1v) is 5.82. The van der Waals surface area contributed by atoms with E-state index in [1.165, 1.54) is 0 Å².